The van der Waals surface area contributed by atoms with Gasteiger partial charge in [-0.2, -0.15) is 4.98 Å². The molecule has 0 aliphatic rings. The predicted octanol–water partition coefficient (Wildman–Crippen LogP) is 3.35. The summed E-state index contributed by atoms with van der Waals surface area (Å²) in [5, 5.41) is 4.04. The van der Waals surface area contributed by atoms with Gasteiger partial charge in [-0.05, 0) is 42.0 Å². The summed E-state index contributed by atoms with van der Waals surface area (Å²) >= 11 is 0. The zero-order valence-electron chi connectivity index (χ0n) is 13.8. The Hall–Kier alpha value is -3.02. The van der Waals surface area contributed by atoms with Gasteiger partial charge in [0.05, 0.1) is 21.3 Å². The van der Waals surface area contributed by atoms with E-state index in [-0.39, 0.29) is 0 Å². The molecule has 0 bridgehead atoms. The fourth-order valence-electron chi connectivity index (χ4n) is 2.35. The molecule has 0 aliphatic carbocycles. The van der Waals surface area contributed by atoms with Crippen molar-refractivity contribution in [2.45, 2.75) is 6.42 Å². The minimum Gasteiger partial charge on any atom is -0.497 e. The highest BCUT2D eigenvalue weighted by Gasteiger charge is 2.11. The van der Waals surface area contributed by atoms with Crippen LogP contribution in [-0.4, -0.2) is 31.5 Å². The lowest BCUT2D eigenvalue weighted by atomic mass is 10.1. The zero-order chi connectivity index (χ0) is 16.9. The van der Waals surface area contributed by atoms with E-state index < -0.39 is 0 Å². The first-order valence-corrected chi connectivity index (χ1v) is 7.41. The summed E-state index contributed by atoms with van der Waals surface area (Å²) in [6.45, 7) is 0. The van der Waals surface area contributed by atoms with Crippen LogP contribution in [0.1, 0.15) is 11.4 Å². The molecule has 0 aliphatic heterocycles. The summed E-state index contributed by atoms with van der Waals surface area (Å²) in [5.41, 5.74) is 1.86. The summed E-state index contributed by atoms with van der Waals surface area (Å²) in [5.74, 6) is 3.23. The number of nitrogens with zero attached hydrogens (tertiary/aromatic N) is 2. The maximum absolute atomic E-state index is 5.34. The average molecular weight is 326 g/mol. The molecule has 3 aromatic rings. The molecule has 0 amide bonds. The third-order valence-corrected chi connectivity index (χ3v) is 3.62. The number of hydrogen-bond acceptors (Lipinski definition) is 6. The first-order valence-electron chi connectivity index (χ1n) is 7.41. The van der Waals surface area contributed by atoms with E-state index in [1.54, 1.807) is 21.3 Å². The van der Waals surface area contributed by atoms with Crippen molar-refractivity contribution in [1.82, 2.24) is 10.1 Å². The Morgan fingerprint density at radius 3 is 2.29 bits per heavy atom. The molecule has 0 N–H and O–H groups in total. The largest absolute Gasteiger partial charge is 0.497 e. The third kappa shape index (κ3) is 3.32. The number of ether oxygens (including phenoxy) is 3. The van der Waals surface area contributed by atoms with Crippen molar-refractivity contribution in [1.29, 1.82) is 0 Å². The summed E-state index contributed by atoms with van der Waals surface area (Å²) in [6.07, 6.45) is 0.542. The lowest BCUT2D eigenvalue weighted by Gasteiger charge is -2.08. The predicted molar refractivity (Wildman–Crippen MR) is 88.6 cm³/mol. The van der Waals surface area contributed by atoms with Crippen LogP contribution < -0.4 is 14.2 Å². The van der Waals surface area contributed by atoms with Crippen LogP contribution in [0.15, 0.2) is 47.0 Å². The van der Waals surface area contributed by atoms with Gasteiger partial charge in [-0.15, -0.1) is 0 Å². The minimum atomic E-state index is 0.480. The SMILES string of the molecule is COc1ccc(-c2nc(Cc3ccc(OC)c(OC)c3)no2)cc1. The van der Waals surface area contributed by atoms with Crippen molar-refractivity contribution in [3.63, 3.8) is 0 Å². The molecule has 0 radical (unpaired) electrons. The van der Waals surface area contributed by atoms with Crippen LogP contribution in [0.25, 0.3) is 11.5 Å². The van der Waals surface area contributed by atoms with Gasteiger partial charge in [0.1, 0.15) is 5.75 Å². The van der Waals surface area contributed by atoms with Crippen LogP contribution in [0.5, 0.6) is 17.2 Å². The molecule has 24 heavy (non-hydrogen) atoms. The van der Waals surface area contributed by atoms with E-state index in [1.165, 1.54) is 0 Å². The second-order valence-corrected chi connectivity index (χ2v) is 5.11. The van der Waals surface area contributed by atoms with Gasteiger partial charge < -0.3 is 18.7 Å². The van der Waals surface area contributed by atoms with Gasteiger partial charge in [0.2, 0.25) is 0 Å². The van der Waals surface area contributed by atoms with Gasteiger partial charge in [0.25, 0.3) is 5.89 Å². The third-order valence-electron chi connectivity index (χ3n) is 3.62. The second kappa shape index (κ2) is 7.04. The van der Waals surface area contributed by atoms with Crippen LogP contribution in [0.2, 0.25) is 0 Å². The molecular weight excluding hydrogens is 308 g/mol. The Morgan fingerprint density at radius 1 is 0.875 bits per heavy atom. The number of benzene rings is 2. The molecule has 6 heteroatoms. The highest BCUT2D eigenvalue weighted by Crippen LogP contribution is 2.28. The van der Waals surface area contributed by atoms with Gasteiger partial charge in [0, 0.05) is 12.0 Å². The van der Waals surface area contributed by atoms with Gasteiger partial charge in [-0.1, -0.05) is 11.2 Å². The number of hydrogen-bond donors (Lipinski definition) is 0. The smallest absolute Gasteiger partial charge is 0.257 e. The van der Waals surface area contributed by atoms with Gasteiger partial charge >= 0.3 is 0 Å². The average Bonchev–Trinajstić information content (AvgIpc) is 3.10. The van der Waals surface area contributed by atoms with Crippen molar-refractivity contribution in [3.05, 3.63) is 53.9 Å². The Balaban J connectivity index is 1.78. The first-order chi connectivity index (χ1) is 11.7. The van der Waals surface area contributed by atoms with Crippen molar-refractivity contribution in [3.8, 4) is 28.7 Å². The maximum Gasteiger partial charge on any atom is 0.257 e. The lowest BCUT2D eigenvalue weighted by molar-refractivity contribution is 0.354. The summed E-state index contributed by atoms with van der Waals surface area (Å²) < 4.78 is 21.0. The number of aromatic nitrogens is 2. The van der Waals surface area contributed by atoms with Gasteiger partial charge in [-0.25, -0.2) is 0 Å². The number of rotatable bonds is 6. The highest BCUT2D eigenvalue weighted by atomic mass is 16.5. The fraction of sp³-hybridized carbons (Fsp3) is 0.222. The molecule has 0 spiro atoms. The van der Waals surface area contributed by atoms with Gasteiger partial charge in [0.15, 0.2) is 17.3 Å². The van der Waals surface area contributed by atoms with Crippen LogP contribution >= 0.6 is 0 Å². The molecule has 1 aromatic heterocycles. The molecule has 3 rings (SSSR count). The van der Waals surface area contributed by atoms with E-state index >= 15 is 0 Å². The zero-order valence-corrected chi connectivity index (χ0v) is 13.8. The molecule has 0 saturated carbocycles. The second-order valence-electron chi connectivity index (χ2n) is 5.11. The van der Waals surface area contributed by atoms with E-state index in [0.717, 1.165) is 16.9 Å². The van der Waals surface area contributed by atoms with Crippen LogP contribution in [0.3, 0.4) is 0 Å². The van der Waals surface area contributed by atoms with Crippen LogP contribution in [0.4, 0.5) is 0 Å². The fourth-order valence-corrected chi connectivity index (χ4v) is 2.35. The van der Waals surface area contributed by atoms with Crippen LogP contribution in [0, 0.1) is 0 Å². The summed E-state index contributed by atoms with van der Waals surface area (Å²) in [6, 6.07) is 13.2. The van der Waals surface area contributed by atoms with Crippen molar-refractivity contribution in [2.75, 3.05) is 21.3 Å². The van der Waals surface area contributed by atoms with E-state index in [1.807, 2.05) is 42.5 Å². The summed E-state index contributed by atoms with van der Waals surface area (Å²) in [7, 11) is 4.85. The first kappa shape index (κ1) is 15.9. The van der Waals surface area contributed by atoms with Crippen molar-refractivity contribution < 1.29 is 18.7 Å². The Morgan fingerprint density at radius 2 is 1.62 bits per heavy atom. The number of methoxy groups -OCH3 is 3. The molecule has 0 unspecified atom stereocenters. The van der Waals surface area contributed by atoms with Crippen molar-refractivity contribution in [2.24, 2.45) is 0 Å². The Kier molecular flexibility index (Phi) is 4.65. The molecular formula is C18H18N2O4. The molecule has 1 heterocycles. The van der Waals surface area contributed by atoms with Gasteiger partial charge in [-0.3, -0.25) is 0 Å². The Bertz CT molecular complexity index is 812. The Labute approximate surface area is 140 Å². The van der Waals surface area contributed by atoms with E-state index in [4.69, 9.17) is 18.7 Å². The molecule has 0 atom stereocenters. The standard InChI is InChI=1S/C18H18N2O4/c1-21-14-7-5-13(6-8-14)18-19-17(20-24-18)11-12-4-9-15(22-2)16(10-12)23-3/h4-10H,11H2,1-3H3. The molecule has 0 saturated heterocycles. The van der Waals surface area contributed by atoms with E-state index in [9.17, 15) is 0 Å². The minimum absolute atomic E-state index is 0.480. The van der Waals surface area contributed by atoms with E-state index in [2.05, 4.69) is 10.1 Å². The molecule has 124 valence electrons. The highest BCUT2D eigenvalue weighted by molar-refractivity contribution is 5.54. The lowest BCUT2D eigenvalue weighted by Crippen LogP contribution is -1.95. The molecule has 2 aromatic carbocycles. The maximum atomic E-state index is 5.34. The van der Waals surface area contributed by atoms with Crippen LogP contribution in [-0.2, 0) is 6.42 Å². The normalized spacial score (nSPS) is 10.5. The molecule has 0 fully saturated rings. The quantitative estimate of drug-likeness (QED) is 0.692. The van der Waals surface area contributed by atoms with Crippen molar-refractivity contribution >= 4 is 0 Å². The summed E-state index contributed by atoms with van der Waals surface area (Å²) in [4.78, 5) is 4.44. The van der Waals surface area contributed by atoms with E-state index in [0.29, 0.717) is 29.6 Å². The monoisotopic (exact) mass is 326 g/mol. The molecule has 6 nitrogen and oxygen atoms in total. The topological polar surface area (TPSA) is 66.6 Å².